The molecule has 0 amide bonds. The van der Waals surface area contributed by atoms with E-state index in [1.807, 2.05) is 0 Å². The van der Waals surface area contributed by atoms with E-state index >= 15 is 0 Å². The Bertz CT molecular complexity index is 359. The Kier molecular flexibility index (Phi) is 5.17. The molecule has 0 aliphatic heterocycles. The lowest BCUT2D eigenvalue weighted by atomic mass is 9.87. The lowest BCUT2D eigenvalue weighted by Crippen LogP contribution is -2.74. The van der Waals surface area contributed by atoms with Crippen molar-refractivity contribution in [3.63, 3.8) is 0 Å². The molecule has 0 aliphatic carbocycles. The van der Waals surface area contributed by atoms with Crippen LogP contribution in [0.1, 0.15) is 6.92 Å². The molecule has 0 N–H and O–H groups in total. The Hall–Kier alpha value is -0.880. The molecule has 1 nitrogen and oxygen atoms in total. The Balaban J connectivity index is 6.50. The van der Waals surface area contributed by atoms with Gasteiger partial charge in [0.1, 0.15) is 0 Å². The Labute approximate surface area is 108 Å². The standard InChI is InChI=1S/C8H6F12O/c1-2-21-4(11,3(9)10)5(12,7(15,16)17)6(13,14)8(18,19)20/h3H,2H2,1H3. The van der Waals surface area contributed by atoms with Gasteiger partial charge in [-0.25, -0.2) is 17.6 Å². The van der Waals surface area contributed by atoms with E-state index in [-0.39, 0.29) is 0 Å². The first-order valence-electron chi connectivity index (χ1n) is 4.81. The van der Waals surface area contributed by atoms with Crippen LogP contribution in [-0.2, 0) is 4.74 Å². The van der Waals surface area contributed by atoms with Crippen LogP contribution < -0.4 is 0 Å². The van der Waals surface area contributed by atoms with Gasteiger partial charge < -0.3 is 4.74 Å². The molecule has 128 valence electrons. The molecule has 0 aromatic heterocycles. The number of ether oxygens (including phenoxy) is 1. The van der Waals surface area contributed by atoms with Crippen LogP contribution in [-0.4, -0.2) is 42.8 Å². The van der Waals surface area contributed by atoms with E-state index in [9.17, 15) is 52.7 Å². The highest BCUT2D eigenvalue weighted by atomic mass is 19.4. The van der Waals surface area contributed by atoms with Gasteiger partial charge in [0, 0.05) is 6.61 Å². The average molecular weight is 346 g/mol. The van der Waals surface area contributed by atoms with Crippen LogP contribution >= 0.6 is 0 Å². The van der Waals surface area contributed by atoms with Crippen molar-refractivity contribution in [1.29, 1.82) is 0 Å². The summed E-state index contributed by atoms with van der Waals surface area (Å²) >= 11 is 0. The van der Waals surface area contributed by atoms with E-state index in [1.165, 1.54) is 0 Å². The van der Waals surface area contributed by atoms with Crippen molar-refractivity contribution in [3.05, 3.63) is 0 Å². The highest BCUT2D eigenvalue weighted by Crippen LogP contribution is 2.60. The number of hydrogen-bond donors (Lipinski definition) is 0. The predicted molar refractivity (Wildman–Crippen MR) is 42.4 cm³/mol. The van der Waals surface area contributed by atoms with Crippen LogP contribution in [0.2, 0.25) is 0 Å². The molecule has 0 saturated heterocycles. The molecule has 0 spiro atoms. The molecule has 0 heterocycles. The molecule has 0 aliphatic rings. The fourth-order valence-corrected chi connectivity index (χ4v) is 1.30. The Morgan fingerprint density at radius 2 is 1.14 bits per heavy atom. The molecular weight excluding hydrogens is 340 g/mol. The topological polar surface area (TPSA) is 9.23 Å². The van der Waals surface area contributed by atoms with Gasteiger partial charge in [0.2, 0.25) is 0 Å². The second-order valence-electron chi connectivity index (χ2n) is 3.61. The third-order valence-corrected chi connectivity index (χ3v) is 2.28. The fraction of sp³-hybridized carbons (Fsp3) is 1.00. The van der Waals surface area contributed by atoms with Crippen LogP contribution in [0.15, 0.2) is 0 Å². The predicted octanol–water partition coefficient (Wildman–Crippen LogP) is 4.42. The molecule has 0 aromatic rings. The fourth-order valence-electron chi connectivity index (χ4n) is 1.30. The van der Waals surface area contributed by atoms with Crippen molar-refractivity contribution in [2.24, 2.45) is 0 Å². The number of halogens is 12. The summed E-state index contributed by atoms with van der Waals surface area (Å²) in [5, 5.41) is 0. The molecule has 0 radical (unpaired) electrons. The minimum Gasteiger partial charge on any atom is -0.339 e. The molecule has 0 saturated carbocycles. The van der Waals surface area contributed by atoms with Crippen LogP contribution in [0.3, 0.4) is 0 Å². The summed E-state index contributed by atoms with van der Waals surface area (Å²) < 4.78 is 153. The number of hydrogen-bond acceptors (Lipinski definition) is 1. The van der Waals surface area contributed by atoms with E-state index in [2.05, 4.69) is 4.74 Å². The number of rotatable bonds is 5. The third kappa shape index (κ3) is 2.75. The van der Waals surface area contributed by atoms with Crippen molar-refractivity contribution in [2.45, 2.75) is 43.1 Å². The largest absolute Gasteiger partial charge is 0.457 e. The van der Waals surface area contributed by atoms with E-state index in [4.69, 9.17) is 0 Å². The zero-order valence-electron chi connectivity index (χ0n) is 9.73. The van der Waals surface area contributed by atoms with Crippen LogP contribution in [0.5, 0.6) is 0 Å². The summed E-state index contributed by atoms with van der Waals surface area (Å²) in [6, 6.07) is 0. The highest BCUT2D eigenvalue weighted by molar-refractivity contribution is 5.13. The normalized spacial score (nSPS) is 20.3. The van der Waals surface area contributed by atoms with E-state index in [0.29, 0.717) is 6.92 Å². The summed E-state index contributed by atoms with van der Waals surface area (Å²) in [4.78, 5) is 0. The Morgan fingerprint density at radius 1 is 0.762 bits per heavy atom. The van der Waals surface area contributed by atoms with Gasteiger partial charge in [-0.1, -0.05) is 0 Å². The SMILES string of the molecule is CCOC(F)(C(F)F)C(F)(C(F)(F)F)C(F)(F)C(F)(F)F. The van der Waals surface area contributed by atoms with Crippen LogP contribution in [0.4, 0.5) is 52.7 Å². The summed E-state index contributed by atoms with van der Waals surface area (Å²) in [6.07, 6.45) is -19.9. The Morgan fingerprint density at radius 3 is 1.33 bits per heavy atom. The van der Waals surface area contributed by atoms with E-state index in [1.54, 1.807) is 0 Å². The van der Waals surface area contributed by atoms with Gasteiger partial charge in [0.25, 0.3) is 6.43 Å². The molecular formula is C8H6F12O. The maximum atomic E-state index is 13.5. The summed E-state index contributed by atoms with van der Waals surface area (Å²) in [5.74, 6) is -13.8. The van der Waals surface area contributed by atoms with E-state index in [0.717, 1.165) is 0 Å². The molecule has 0 aromatic carbocycles. The number of alkyl halides is 12. The second kappa shape index (κ2) is 5.39. The molecule has 0 rings (SSSR count). The van der Waals surface area contributed by atoms with Gasteiger partial charge >= 0.3 is 29.8 Å². The molecule has 21 heavy (non-hydrogen) atoms. The monoisotopic (exact) mass is 346 g/mol. The smallest absolute Gasteiger partial charge is 0.339 e. The van der Waals surface area contributed by atoms with Gasteiger partial charge in [-0.05, 0) is 6.92 Å². The molecule has 2 unspecified atom stereocenters. The first-order chi connectivity index (χ1) is 9.00. The third-order valence-electron chi connectivity index (χ3n) is 2.28. The summed E-state index contributed by atoms with van der Waals surface area (Å²) in [7, 11) is 0. The minimum atomic E-state index is -7.53. The van der Waals surface area contributed by atoms with E-state index < -0.39 is 42.8 Å². The van der Waals surface area contributed by atoms with Crippen molar-refractivity contribution < 1.29 is 57.4 Å². The minimum absolute atomic E-state index is 0.485. The lowest BCUT2D eigenvalue weighted by molar-refractivity contribution is -0.451. The second-order valence-corrected chi connectivity index (χ2v) is 3.61. The lowest BCUT2D eigenvalue weighted by Gasteiger charge is -2.43. The first kappa shape index (κ1) is 20.1. The maximum absolute atomic E-state index is 13.5. The van der Waals surface area contributed by atoms with Crippen molar-refractivity contribution >= 4 is 0 Å². The zero-order chi connectivity index (χ0) is 17.5. The van der Waals surface area contributed by atoms with Crippen LogP contribution in [0, 0.1) is 0 Å². The summed E-state index contributed by atoms with van der Waals surface area (Å²) in [6.45, 7) is -1.05. The van der Waals surface area contributed by atoms with Crippen molar-refractivity contribution in [2.75, 3.05) is 6.61 Å². The van der Waals surface area contributed by atoms with Gasteiger partial charge in [-0.2, -0.15) is 35.1 Å². The highest BCUT2D eigenvalue weighted by Gasteiger charge is 2.91. The quantitative estimate of drug-likeness (QED) is 0.670. The molecule has 2 atom stereocenters. The van der Waals surface area contributed by atoms with Crippen LogP contribution in [0.25, 0.3) is 0 Å². The first-order valence-corrected chi connectivity index (χ1v) is 4.81. The van der Waals surface area contributed by atoms with Gasteiger partial charge in [0.05, 0.1) is 0 Å². The summed E-state index contributed by atoms with van der Waals surface area (Å²) in [5.41, 5.74) is -7.35. The average Bonchev–Trinajstić information content (AvgIpc) is 2.24. The van der Waals surface area contributed by atoms with Crippen molar-refractivity contribution in [3.8, 4) is 0 Å². The maximum Gasteiger partial charge on any atom is 0.457 e. The van der Waals surface area contributed by atoms with Gasteiger partial charge in [-0.15, -0.1) is 0 Å². The van der Waals surface area contributed by atoms with Gasteiger partial charge in [0.15, 0.2) is 0 Å². The van der Waals surface area contributed by atoms with Gasteiger partial charge in [-0.3, -0.25) is 0 Å². The molecule has 0 bridgehead atoms. The molecule has 13 heteroatoms. The van der Waals surface area contributed by atoms with Crippen molar-refractivity contribution in [1.82, 2.24) is 0 Å². The zero-order valence-corrected chi connectivity index (χ0v) is 9.73. The molecule has 0 fully saturated rings.